The lowest BCUT2D eigenvalue weighted by Gasteiger charge is -2.37. The Morgan fingerprint density at radius 3 is 2.62 bits per heavy atom. The van der Waals surface area contributed by atoms with Crippen molar-refractivity contribution in [3.63, 3.8) is 0 Å². The molecule has 2 aromatic rings. The standard InChI is InChI=1S/C16H19ClN2O2/c1-10-8-19(9-11(2)21-10)15-7-18-16(17)13-5-4-12(20-3)6-14(13)15/h4-7,10-11H,8-9H2,1-3H3. The molecule has 1 aliphatic rings. The number of aromatic nitrogens is 1. The SMILES string of the molecule is COc1ccc2c(Cl)ncc(N3CC(C)OC(C)C3)c2c1. The summed E-state index contributed by atoms with van der Waals surface area (Å²) in [7, 11) is 1.67. The minimum atomic E-state index is 0.199. The Morgan fingerprint density at radius 2 is 1.95 bits per heavy atom. The van der Waals surface area contributed by atoms with Gasteiger partial charge in [0.05, 0.1) is 31.2 Å². The van der Waals surface area contributed by atoms with Gasteiger partial charge in [0.15, 0.2) is 0 Å². The van der Waals surface area contributed by atoms with E-state index < -0.39 is 0 Å². The van der Waals surface area contributed by atoms with Crippen LogP contribution in [0.3, 0.4) is 0 Å². The molecule has 0 bridgehead atoms. The zero-order valence-electron chi connectivity index (χ0n) is 12.5. The zero-order valence-corrected chi connectivity index (χ0v) is 13.2. The summed E-state index contributed by atoms with van der Waals surface area (Å²) < 4.78 is 11.1. The highest BCUT2D eigenvalue weighted by Crippen LogP contribution is 2.34. The fourth-order valence-corrected chi connectivity index (χ4v) is 3.14. The van der Waals surface area contributed by atoms with Crippen LogP contribution in [0.25, 0.3) is 10.8 Å². The number of fused-ring (bicyclic) bond motifs is 1. The van der Waals surface area contributed by atoms with Gasteiger partial charge in [-0.25, -0.2) is 4.98 Å². The largest absolute Gasteiger partial charge is 0.497 e. The minimum Gasteiger partial charge on any atom is -0.497 e. The zero-order chi connectivity index (χ0) is 15.0. The second-order valence-corrected chi connectivity index (χ2v) is 5.87. The van der Waals surface area contributed by atoms with E-state index in [-0.39, 0.29) is 12.2 Å². The third-order valence-electron chi connectivity index (χ3n) is 3.79. The minimum absolute atomic E-state index is 0.199. The molecule has 112 valence electrons. The van der Waals surface area contributed by atoms with Crippen molar-refractivity contribution in [1.29, 1.82) is 0 Å². The molecule has 0 spiro atoms. The lowest BCUT2D eigenvalue weighted by molar-refractivity contribution is -0.00514. The molecule has 3 rings (SSSR count). The first-order valence-electron chi connectivity index (χ1n) is 7.11. The number of rotatable bonds is 2. The maximum Gasteiger partial charge on any atom is 0.136 e. The van der Waals surface area contributed by atoms with E-state index in [9.17, 15) is 0 Å². The molecule has 2 unspecified atom stereocenters. The number of halogens is 1. The van der Waals surface area contributed by atoms with E-state index in [0.717, 1.165) is 35.3 Å². The van der Waals surface area contributed by atoms with Crippen LogP contribution >= 0.6 is 11.6 Å². The van der Waals surface area contributed by atoms with Crippen LogP contribution in [0.4, 0.5) is 5.69 Å². The maximum atomic E-state index is 6.23. The fraction of sp³-hybridized carbons (Fsp3) is 0.438. The number of methoxy groups -OCH3 is 1. The first kappa shape index (κ1) is 14.4. The summed E-state index contributed by atoms with van der Waals surface area (Å²) in [5, 5.41) is 2.53. The summed E-state index contributed by atoms with van der Waals surface area (Å²) in [5.41, 5.74) is 1.08. The smallest absolute Gasteiger partial charge is 0.136 e. The van der Waals surface area contributed by atoms with Gasteiger partial charge in [0.2, 0.25) is 0 Å². The molecular weight excluding hydrogens is 288 g/mol. The molecule has 0 saturated carbocycles. The fourth-order valence-electron chi connectivity index (χ4n) is 2.93. The third-order valence-corrected chi connectivity index (χ3v) is 4.09. The van der Waals surface area contributed by atoms with Crippen LogP contribution in [0.1, 0.15) is 13.8 Å². The van der Waals surface area contributed by atoms with Gasteiger partial charge in [-0.15, -0.1) is 0 Å². The molecular formula is C16H19ClN2O2. The van der Waals surface area contributed by atoms with Crippen LogP contribution in [0.2, 0.25) is 5.15 Å². The van der Waals surface area contributed by atoms with Crippen molar-refractivity contribution in [2.45, 2.75) is 26.1 Å². The molecule has 1 fully saturated rings. The Labute approximate surface area is 129 Å². The Morgan fingerprint density at radius 1 is 1.24 bits per heavy atom. The van der Waals surface area contributed by atoms with Crippen LogP contribution in [0.5, 0.6) is 5.75 Å². The van der Waals surface area contributed by atoms with Crippen LogP contribution in [0, 0.1) is 0 Å². The molecule has 1 saturated heterocycles. The van der Waals surface area contributed by atoms with Gasteiger partial charge < -0.3 is 14.4 Å². The summed E-state index contributed by atoms with van der Waals surface area (Å²) in [6.07, 6.45) is 2.24. The highest BCUT2D eigenvalue weighted by atomic mass is 35.5. The number of benzene rings is 1. The summed E-state index contributed by atoms with van der Waals surface area (Å²) in [5.74, 6) is 0.820. The highest BCUT2D eigenvalue weighted by molar-refractivity contribution is 6.34. The second-order valence-electron chi connectivity index (χ2n) is 5.51. The monoisotopic (exact) mass is 306 g/mol. The second kappa shape index (κ2) is 5.70. The molecule has 2 heterocycles. The number of nitrogens with zero attached hydrogens (tertiary/aromatic N) is 2. The van der Waals surface area contributed by atoms with E-state index in [4.69, 9.17) is 21.1 Å². The average Bonchev–Trinajstić information content (AvgIpc) is 2.46. The Kier molecular flexibility index (Phi) is 3.91. The summed E-state index contributed by atoms with van der Waals surface area (Å²) in [4.78, 5) is 6.64. The van der Waals surface area contributed by atoms with Crippen LogP contribution < -0.4 is 9.64 Å². The van der Waals surface area contributed by atoms with E-state index in [2.05, 4.69) is 23.7 Å². The van der Waals surface area contributed by atoms with Crippen molar-refractivity contribution in [3.05, 3.63) is 29.5 Å². The first-order valence-corrected chi connectivity index (χ1v) is 7.49. The molecule has 0 aliphatic carbocycles. The van der Waals surface area contributed by atoms with Gasteiger partial charge >= 0.3 is 0 Å². The van der Waals surface area contributed by atoms with Crippen molar-refractivity contribution < 1.29 is 9.47 Å². The number of anilines is 1. The Hall–Kier alpha value is -1.52. The summed E-state index contributed by atoms with van der Waals surface area (Å²) in [6, 6.07) is 5.88. The normalized spacial score (nSPS) is 22.6. The number of pyridine rings is 1. The summed E-state index contributed by atoms with van der Waals surface area (Å²) in [6.45, 7) is 5.88. The number of ether oxygens (including phenoxy) is 2. The number of hydrogen-bond acceptors (Lipinski definition) is 4. The van der Waals surface area contributed by atoms with Crippen LogP contribution in [0.15, 0.2) is 24.4 Å². The third kappa shape index (κ3) is 2.78. The van der Waals surface area contributed by atoms with Crippen molar-refractivity contribution in [2.24, 2.45) is 0 Å². The van der Waals surface area contributed by atoms with Crippen molar-refractivity contribution >= 4 is 28.1 Å². The predicted molar refractivity (Wildman–Crippen MR) is 85.5 cm³/mol. The molecule has 4 nitrogen and oxygen atoms in total. The molecule has 0 amide bonds. The van der Waals surface area contributed by atoms with Gasteiger partial charge in [-0.3, -0.25) is 0 Å². The lowest BCUT2D eigenvalue weighted by atomic mass is 10.1. The predicted octanol–water partition coefficient (Wildman–Crippen LogP) is 3.51. The molecule has 1 aromatic carbocycles. The van der Waals surface area contributed by atoms with Gasteiger partial charge in [0.1, 0.15) is 10.9 Å². The first-order chi connectivity index (χ1) is 10.1. The lowest BCUT2D eigenvalue weighted by Crippen LogP contribution is -2.45. The molecule has 0 N–H and O–H groups in total. The van der Waals surface area contributed by atoms with Crippen molar-refractivity contribution in [2.75, 3.05) is 25.1 Å². The van der Waals surface area contributed by atoms with E-state index in [1.165, 1.54) is 0 Å². The van der Waals surface area contributed by atoms with E-state index in [0.29, 0.717) is 5.15 Å². The average molecular weight is 307 g/mol. The van der Waals surface area contributed by atoms with E-state index in [1.54, 1.807) is 7.11 Å². The van der Waals surface area contributed by atoms with Crippen molar-refractivity contribution in [1.82, 2.24) is 4.98 Å². The molecule has 1 aliphatic heterocycles. The van der Waals surface area contributed by atoms with Gasteiger partial charge in [0, 0.05) is 23.9 Å². The van der Waals surface area contributed by atoms with Gasteiger partial charge in [-0.05, 0) is 32.0 Å². The van der Waals surface area contributed by atoms with Gasteiger partial charge in [-0.1, -0.05) is 11.6 Å². The van der Waals surface area contributed by atoms with Crippen molar-refractivity contribution in [3.8, 4) is 5.75 Å². The summed E-state index contributed by atoms with van der Waals surface area (Å²) >= 11 is 6.23. The maximum absolute atomic E-state index is 6.23. The molecule has 21 heavy (non-hydrogen) atoms. The Balaban J connectivity index is 2.11. The molecule has 1 aromatic heterocycles. The number of morpholine rings is 1. The topological polar surface area (TPSA) is 34.6 Å². The van der Waals surface area contributed by atoms with Gasteiger partial charge in [0.25, 0.3) is 0 Å². The Bertz CT molecular complexity index is 652. The molecule has 5 heteroatoms. The number of hydrogen-bond donors (Lipinski definition) is 0. The molecule has 0 radical (unpaired) electrons. The van der Waals surface area contributed by atoms with E-state index >= 15 is 0 Å². The van der Waals surface area contributed by atoms with Crippen LogP contribution in [-0.2, 0) is 4.74 Å². The van der Waals surface area contributed by atoms with Crippen LogP contribution in [-0.4, -0.2) is 37.4 Å². The quantitative estimate of drug-likeness (QED) is 0.795. The van der Waals surface area contributed by atoms with Gasteiger partial charge in [-0.2, -0.15) is 0 Å². The van der Waals surface area contributed by atoms with E-state index in [1.807, 2.05) is 24.4 Å². The highest BCUT2D eigenvalue weighted by Gasteiger charge is 2.24. The molecule has 2 atom stereocenters.